The third kappa shape index (κ3) is 2.34. The van der Waals surface area contributed by atoms with E-state index in [1.807, 2.05) is 4.90 Å². The quantitative estimate of drug-likeness (QED) is 0.863. The molecule has 2 aromatic rings. The zero-order valence-electron chi connectivity index (χ0n) is 10.8. The molecule has 1 fully saturated rings. The minimum absolute atomic E-state index is 0.313. The fourth-order valence-corrected chi connectivity index (χ4v) is 2.59. The Morgan fingerprint density at radius 3 is 2.50 bits per heavy atom. The Labute approximate surface area is 120 Å². The first-order chi connectivity index (χ1) is 9.46. The van der Waals surface area contributed by atoms with Crippen LogP contribution < -0.4 is 4.90 Å². The third-order valence-electron chi connectivity index (χ3n) is 3.40. The van der Waals surface area contributed by atoms with E-state index < -0.39 is 5.60 Å². The topological polar surface area (TPSA) is 49.2 Å². The first-order valence-corrected chi connectivity index (χ1v) is 6.59. The Kier molecular flexibility index (Phi) is 3.11. The molecule has 6 heteroatoms. The second kappa shape index (κ2) is 4.68. The van der Waals surface area contributed by atoms with Gasteiger partial charge in [0.1, 0.15) is 28.2 Å². The first kappa shape index (κ1) is 13.3. The van der Waals surface area contributed by atoms with E-state index in [4.69, 9.17) is 11.6 Å². The lowest BCUT2D eigenvalue weighted by molar-refractivity contribution is 0.00697. The van der Waals surface area contributed by atoms with Crippen molar-refractivity contribution in [1.29, 1.82) is 0 Å². The lowest BCUT2D eigenvalue weighted by Crippen LogP contribution is -2.59. The highest BCUT2D eigenvalue weighted by Crippen LogP contribution is 2.35. The van der Waals surface area contributed by atoms with Crippen molar-refractivity contribution in [1.82, 2.24) is 9.97 Å². The van der Waals surface area contributed by atoms with Gasteiger partial charge in [-0.15, -0.1) is 0 Å². The zero-order valence-corrected chi connectivity index (χ0v) is 11.6. The molecule has 0 radical (unpaired) electrons. The molecule has 1 saturated heterocycles. The zero-order chi connectivity index (χ0) is 14.3. The molecule has 1 aliphatic rings. The van der Waals surface area contributed by atoms with Crippen LogP contribution in [0.2, 0.25) is 5.15 Å². The molecule has 0 spiro atoms. The van der Waals surface area contributed by atoms with Gasteiger partial charge in [0.05, 0.1) is 13.1 Å². The largest absolute Gasteiger partial charge is 0.381 e. The van der Waals surface area contributed by atoms with E-state index in [1.165, 1.54) is 12.1 Å². The molecular weight excluding hydrogens is 281 g/mol. The minimum Gasteiger partial charge on any atom is -0.381 e. The van der Waals surface area contributed by atoms with Crippen molar-refractivity contribution in [3.05, 3.63) is 52.7 Å². The molecule has 1 aromatic carbocycles. The van der Waals surface area contributed by atoms with Gasteiger partial charge in [-0.3, -0.25) is 0 Å². The highest BCUT2D eigenvalue weighted by Gasteiger charge is 2.43. The Hall–Kier alpha value is -1.72. The van der Waals surface area contributed by atoms with E-state index >= 15 is 0 Å². The van der Waals surface area contributed by atoms with Gasteiger partial charge < -0.3 is 10.0 Å². The van der Waals surface area contributed by atoms with Crippen LogP contribution in [0.5, 0.6) is 0 Å². The van der Waals surface area contributed by atoms with Crippen LogP contribution in [0.15, 0.2) is 30.3 Å². The predicted molar refractivity (Wildman–Crippen MR) is 74.3 cm³/mol. The van der Waals surface area contributed by atoms with E-state index in [0.29, 0.717) is 35.4 Å². The Morgan fingerprint density at radius 2 is 1.90 bits per heavy atom. The van der Waals surface area contributed by atoms with Crippen LogP contribution in [0.3, 0.4) is 0 Å². The minimum atomic E-state index is -0.973. The summed E-state index contributed by atoms with van der Waals surface area (Å²) in [4.78, 5) is 10.2. The molecule has 0 saturated carbocycles. The van der Waals surface area contributed by atoms with Crippen molar-refractivity contribution in [3.8, 4) is 0 Å². The van der Waals surface area contributed by atoms with Gasteiger partial charge >= 0.3 is 0 Å². The maximum Gasteiger partial charge on any atom is 0.134 e. The van der Waals surface area contributed by atoms with Gasteiger partial charge in [0.15, 0.2) is 0 Å². The molecule has 0 amide bonds. The Balaban J connectivity index is 1.78. The van der Waals surface area contributed by atoms with Gasteiger partial charge in [0.2, 0.25) is 0 Å². The number of halogens is 2. The number of hydrogen-bond donors (Lipinski definition) is 1. The van der Waals surface area contributed by atoms with Gasteiger partial charge in [0, 0.05) is 6.07 Å². The molecule has 0 unspecified atom stereocenters. The van der Waals surface area contributed by atoms with Gasteiger partial charge in [-0.1, -0.05) is 23.7 Å². The number of hydrogen-bond acceptors (Lipinski definition) is 4. The molecule has 1 aromatic heterocycles. The summed E-state index contributed by atoms with van der Waals surface area (Å²) < 4.78 is 12.9. The lowest BCUT2D eigenvalue weighted by atomic mass is 9.86. The number of anilines is 1. The van der Waals surface area contributed by atoms with Gasteiger partial charge in [-0.25, -0.2) is 14.4 Å². The van der Waals surface area contributed by atoms with E-state index in [1.54, 1.807) is 25.1 Å². The number of aromatic nitrogens is 2. The normalized spacial score (nSPS) is 16.9. The average Bonchev–Trinajstić information content (AvgIpc) is 2.34. The van der Waals surface area contributed by atoms with Crippen molar-refractivity contribution in [3.63, 3.8) is 0 Å². The summed E-state index contributed by atoms with van der Waals surface area (Å²) in [5.74, 6) is 0.964. The standard InChI is InChI=1S/C14H13ClFN3O/c1-9-17-12(15)6-13(18-9)19-7-14(20,8-19)10-2-4-11(16)5-3-10/h2-6,20H,7-8H2,1H3. The van der Waals surface area contributed by atoms with E-state index in [9.17, 15) is 9.50 Å². The summed E-state index contributed by atoms with van der Waals surface area (Å²) in [7, 11) is 0. The monoisotopic (exact) mass is 293 g/mol. The first-order valence-electron chi connectivity index (χ1n) is 6.21. The van der Waals surface area contributed by atoms with Crippen LogP contribution in [0, 0.1) is 12.7 Å². The summed E-state index contributed by atoms with van der Waals surface area (Å²) in [5.41, 5.74) is -0.272. The van der Waals surface area contributed by atoms with Crippen LogP contribution in [0.25, 0.3) is 0 Å². The van der Waals surface area contributed by atoms with Gasteiger partial charge in [-0.05, 0) is 24.6 Å². The highest BCUT2D eigenvalue weighted by atomic mass is 35.5. The highest BCUT2D eigenvalue weighted by molar-refractivity contribution is 6.29. The fourth-order valence-electron chi connectivity index (χ4n) is 2.37. The number of aliphatic hydroxyl groups is 1. The molecule has 104 valence electrons. The molecule has 0 bridgehead atoms. The molecule has 0 atom stereocenters. The van der Waals surface area contributed by atoms with Crippen LogP contribution in [-0.4, -0.2) is 28.2 Å². The summed E-state index contributed by atoms with van der Waals surface area (Å²) in [6, 6.07) is 7.57. The second-order valence-electron chi connectivity index (χ2n) is 4.99. The molecule has 1 N–H and O–H groups in total. The lowest BCUT2D eigenvalue weighted by Gasteiger charge is -2.47. The number of benzene rings is 1. The van der Waals surface area contributed by atoms with E-state index in [-0.39, 0.29) is 5.82 Å². The summed E-state index contributed by atoms with van der Waals surface area (Å²) in [6.07, 6.45) is 0. The average molecular weight is 294 g/mol. The molecule has 20 heavy (non-hydrogen) atoms. The predicted octanol–water partition coefficient (Wildman–Crippen LogP) is 2.29. The van der Waals surface area contributed by atoms with Crippen molar-refractivity contribution in [2.75, 3.05) is 18.0 Å². The van der Waals surface area contributed by atoms with Gasteiger partial charge in [-0.2, -0.15) is 0 Å². The van der Waals surface area contributed by atoms with Crippen molar-refractivity contribution in [2.45, 2.75) is 12.5 Å². The number of nitrogens with zero attached hydrogens (tertiary/aromatic N) is 3. The number of rotatable bonds is 2. The summed E-state index contributed by atoms with van der Waals surface area (Å²) >= 11 is 5.90. The third-order valence-corrected chi connectivity index (χ3v) is 3.60. The summed E-state index contributed by atoms with van der Waals surface area (Å²) in [6.45, 7) is 2.55. The smallest absolute Gasteiger partial charge is 0.134 e. The van der Waals surface area contributed by atoms with Crippen LogP contribution in [0.4, 0.5) is 10.2 Å². The number of aryl methyl sites for hydroxylation is 1. The maximum atomic E-state index is 12.9. The van der Waals surface area contributed by atoms with E-state index in [0.717, 1.165) is 0 Å². The molecule has 2 heterocycles. The Morgan fingerprint density at radius 1 is 1.25 bits per heavy atom. The van der Waals surface area contributed by atoms with E-state index in [2.05, 4.69) is 9.97 Å². The fraction of sp³-hybridized carbons (Fsp3) is 0.286. The molecule has 1 aliphatic heterocycles. The van der Waals surface area contributed by atoms with Crippen molar-refractivity contribution in [2.24, 2.45) is 0 Å². The summed E-state index contributed by atoms with van der Waals surface area (Å²) in [5, 5.41) is 10.9. The second-order valence-corrected chi connectivity index (χ2v) is 5.38. The van der Waals surface area contributed by atoms with Crippen LogP contribution >= 0.6 is 11.6 Å². The van der Waals surface area contributed by atoms with Crippen molar-refractivity contribution < 1.29 is 9.50 Å². The molecule has 0 aliphatic carbocycles. The van der Waals surface area contributed by atoms with Crippen LogP contribution in [0.1, 0.15) is 11.4 Å². The Bertz CT molecular complexity index is 621. The molecular formula is C14H13ClFN3O. The van der Waals surface area contributed by atoms with Gasteiger partial charge in [0.25, 0.3) is 0 Å². The van der Waals surface area contributed by atoms with Crippen LogP contribution in [-0.2, 0) is 5.60 Å². The van der Waals surface area contributed by atoms with Crippen molar-refractivity contribution >= 4 is 17.4 Å². The SMILES string of the molecule is Cc1nc(Cl)cc(N2CC(O)(c3ccc(F)cc3)C2)n1. The number of β-amino-alcohol motifs (C(OH)–C–C–N with tert-alkyl or cyclic N) is 1. The molecule has 3 rings (SSSR count). The molecule has 4 nitrogen and oxygen atoms in total. The maximum absolute atomic E-state index is 12.9.